The molecule has 0 bridgehead atoms. The van der Waals surface area contributed by atoms with E-state index in [1.54, 1.807) is 0 Å². The lowest BCUT2D eigenvalue weighted by Gasteiger charge is -2.19. The number of aromatic nitrogens is 3. The Hall–Kier alpha value is -2.49. The number of halogens is 2. The van der Waals surface area contributed by atoms with E-state index >= 15 is 0 Å². The van der Waals surface area contributed by atoms with E-state index in [0.717, 1.165) is 18.9 Å². The number of nitrogen functional groups attached to an aromatic ring is 1. The molecule has 0 amide bonds. The predicted octanol–water partition coefficient (Wildman–Crippen LogP) is -0.487. The molecule has 2 fully saturated rings. The lowest BCUT2D eigenvalue weighted by molar-refractivity contribution is 0.175. The lowest BCUT2D eigenvalue weighted by Crippen LogP contribution is -2.45. The number of rotatable bonds is 3. The second kappa shape index (κ2) is 5.51. The van der Waals surface area contributed by atoms with Crippen molar-refractivity contribution in [2.75, 3.05) is 30.4 Å². The molecule has 2 unspecified atom stereocenters. The summed E-state index contributed by atoms with van der Waals surface area (Å²) in [6.07, 6.45) is 0.180. The van der Waals surface area contributed by atoms with Crippen LogP contribution in [0.2, 0.25) is 0 Å². The molecule has 0 spiro atoms. The van der Waals surface area contributed by atoms with E-state index in [-0.39, 0.29) is 42.6 Å². The number of pyridine rings is 1. The predicted molar refractivity (Wildman–Crippen MR) is 86.3 cm³/mol. The molecule has 10 heteroatoms. The number of aliphatic hydroxyl groups is 1. The van der Waals surface area contributed by atoms with Crippen molar-refractivity contribution >= 4 is 16.9 Å². The Labute approximate surface area is 140 Å². The van der Waals surface area contributed by atoms with Crippen LogP contribution in [0.5, 0.6) is 0 Å². The molecule has 0 aromatic carbocycles. The molecule has 2 atom stereocenters. The number of fused-ring (bicyclic) bond motifs is 1. The van der Waals surface area contributed by atoms with Crippen molar-refractivity contribution in [3.63, 3.8) is 0 Å². The Morgan fingerprint density at radius 2 is 2.04 bits per heavy atom. The molecule has 1 aliphatic carbocycles. The van der Waals surface area contributed by atoms with Crippen LogP contribution in [0.1, 0.15) is 18.9 Å². The summed E-state index contributed by atoms with van der Waals surface area (Å²) in [7, 11) is 0. The van der Waals surface area contributed by atoms with Gasteiger partial charge in [-0.2, -0.15) is 4.68 Å². The van der Waals surface area contributed by atoms with Gasteiger partial charge in [0.15, 0.2) is 17.3 Å². The monoisotopic (exact) mass is 353 g/mol. The molecule has 1 saturated carbocycles. The summed E-state index contributed by atoms with van der Waals surface area (Å²) in [6, 6.07) is 0.857. The molecule has 0 radical (unpaired) electrons. The van der Waals surface area contributed by atoms with Crippen molar-refractivity contribution < 1.29 is 13.9 Å². The van der Waals surface area contributed by atoms with Crippen LogP contribution in [0.15, 0.2) is 15.7 Å². The van der Waals surface area contributed by atoms with Crippen molar-refractivity contribution in [3.8, 4) is 0 Å². The third-order valence-corrected chi connectivity index (χ3v) is 4.83. The molecule has 2 aromatic heterocycles. The molecular weight excluding hydrogens is 336 g/mol. The zero-order valence-electron chi connectivity index (χ0n) is 13.2. The van der Waals surface area contributed by atoms with Gasteiger partial charge in [0.1, 0.15) is 6.17 Å². The van der Waals surface area contributed by atoms with Gasteiger partial charge in [-0.3, -0.25) is 9.36 Å². The number of hydrogen-bond donors (Lipinski definition) is 2. The van der Waals surface area contributed by atoms with E-state index in [1.165, 1.54) is 9.47 Å². The number of hydrogen-bond acceptors (Lipinski definition) is 6. The van der Waals surface area contributed by atoms with Gasteiger partial charge in [0, 0.05) is 18.5 Å². The van der Waals surface area contributed by atoms with Crippen molar-refractivity contribution in [2.45, 2.75) is 25.1 Å². The van der Waals surface area contributed by atoms with Crippen molar-refractivity contribution in [3.05, 3.63) is 32.7 Å². The quantitative estimate of drug-likeness (QED) is 0.722. The smallest absolute Gasteiger partial charge is 0.351 e. The number of nitrogens with two attached hydrogens (primary N) is 1. The highest BCUT2D eigenvalue weighted by Crippen LogP contribution is 2.36. The fourth-order valence-electron chi connectivity index (χ4n) is 3.29. The highest BCUT2D eigenvalue weighted by atomic mass is 19.1. The van der Waals surface area contributed by atoms with E-state index in [4.69, 9.17) is 5.84 Å². The summed E-state index contributed by atoms with van der Waals surface area (Å²) >= 11 is 0. The van der Waals surface area contributed by atoms with Gasteiger partial charge >= 0.3 is 5.69 Å². The maximum Gasteiger partial charge on any atom is 0.351 e. The summed E-state index contributed by atoms with van der Waals surface area (Å²) < 4.78 is 30.2. The fraction of sp³-hybridized carbons (Fsp3) is 0.533. The first kappa shape index (κ1) is 16.0. The van der Waals surface area contributed by atoms with Gasteiger partial charge in [0.25, 0.3) is 5.56 Å². The number of nitrogens with zero attached hydrogens (tertiary/aromatic N) is 4. The average Bonchev–Trinajstić information content (AvgIpc) is 3.35. The highest BCUT2D eigenvalue weighted by Gasteiger charge is 2.35. The minimum atomic E-state index is -1.30. The molecule has 2 aromatic rings. The molecule has 3 heterocycles. The van der Waals surface area contributed by atoms with Crippen LogP contribution in [0.25, 0.3) is 11.0 Å². The van der Waals surface area contributed by atoms with Crippen LogP contribution in [-0.2, 0) is 0 Å². The maximum atomic E-state index is 14.5. The van der Waals surface area contributed by atoms with Crippen LogP contribution in [0.4, 0.5) is 14.6 Å². The normalized spacial score (nSPS) is 23.6. The molecule has 1 aliphatic heterocycles. The molecule has 134 valence electrons. The van der Waals surface area contributed by atoms with Gasteiger partial charge in [0.2, 0.25) is 0 Å². The summed E-state index contributed by atoms with van der Waals surface area (Å²) in [5, 5.41) is 9.09. The molecule has 25 heavy (non-hydrogen) atoms. The summed E-state index contributed by atoms with van der Waals surface area (Å²) in [4.78, 5) is 30.1. The molecule has 2 aliphatic rings. The van der Waals surface area contributed by atoms with Crippen molar-refractivity contribution in [1.82, 2.24) is 14.2 Å². The van der Waals surface area contributed by atoms with Crippen LogP contribution in [0.3, 0.4) is 0 Å². The Kier molecular flexibility index (Phi) is 3.53. The van der Waals surface area contributed by atoms with E-state index in [1.807, 2.05) is 0 Å². The van der Waals surface area contributed by atoms with Crippen LogP contribution in [-0.4, -0.2) is 45.2 Å². The summed E-state index contributed by atoms with van der Waals surface area (Å²) in [5.74, 6) is 3.96. The highest BCUT2D eigenvalue weighted by molar-refractivity contribution is 5.77. The Morgan fingerprint density at radius 1 is 1.32 bits per heavy atom. The largest absolute Gasteiger partial charge is 0.396 e. The third kappa shape index (κ3) is 2.39. The zero-order chi connectivity index (χ0) is 17.9. The van der Waals surface area contributed by atoms with Gasteiger partial charge < -0.3 is 15.8 Å². The van der Waals surface area contributed by atoms with Crippen molar-refractivity contribution in [2.24, 2.45) is 5.92 Å². The van der Waals surface area contributed by atoms with Crippen LogP contribution >= 0.6 is 0 Å². The van der Waals surface area contributed by atoms with Crippen LogP contribution < -0.4 is 22.0 Å². The minimum Gasteiger partial charge on any atom is -0.396 e. The fourth-order valence-corrected chi connectivity index (χ4v) is 3.29. The van der Waals surface area contributed by atoms with Crippen molar-refractivity contribution in [1.29, 1.82) is 0 Å². The minimum absolute atomic E-state index is 0.0541. The van der Waals surface area contributed by atoms with Crippen LogP contribution in [0, 0.1) is 11.7 Å². The first-order valence-electron chi connectivity index (χ1n) is 8.05. The van der Waals surface area contributed by atoms with Gasteiger partial charge in [0.05, 0.1) is 18.5 Å². The van der Waals surface area contributed by atoms with Gasteiger partial charge in [-0.05, 0) is 18.9 Å². The Morgan fingerprint density at radius 3 is 2.64 bits per heavy atom. The van der Waals surface area contributed by atoms with E-state index in [9.17, 15) is 23.5 Å². The topological polar surface area (TPSA) is 106 Å². The molecular formula is C15H17F2N5O3. The molecule has 3 N–H and O–H groups in total. The maximum absolute atomic E-state index is 14.5. The van der Waals surface area contributed by atoms with E-state index < -0.39 is 29.2 Å². The Balaban J connectivity index is 1.92. The first-order chi connectivity index (χ1) is 11.9. The Bertz CT molecular complexity index is 968. The summed E-state index contributed by atoms with van der Waals surface area (Å²) in [6.45, 7) is -0.353. The summed E-state index contributed by atoms with van der Waals surface area (Å²) in [5.41, 5.74) is -1.48. The molecule has 4 rings (SSSR count). The zero-order valence-corrected chi connectivity index (χ0v) is 13.2. The SMILES string of the molecule is Nn1c(=O)c2cc(F)c(N3CC(F)C(CO)C3)nc2n(C2CC2)c1=O. The second-order valence-corrected chi connectivity index (χ2v) is 6.59. The molecule has 1 saturated heterocycles. The number of anilines is 1. The second-order valence-electron chi connectivity index (χ2n) is 6.59. The standard InChI is InChI=1S/C15H17F2N5O3/c16-10-3-9-12(19-13(10)20-4-7(6-23)11(17)5-20)21(8-1-2-8)15(25)22(18)14(9)24/h3,7-8,11,23H,1-2,4-6,18H2. The van der Waals surface area contributed by atoms with Gasteiger partial charge in [-0.1, -0.05) is 0 Å². The van der Waals surface area contributed by atoms with E-state index in [2.05, 4.69) is 4.98 Å². The first-order valence-corrected chi connectivity index (χ1v) is 8.05. The average molecular weight is 353 g/mol. The lowest BCUT2D eigenvalue weighted by atomic mass is 10.1. The number of aliphatic hydroxyl groups excluding tert-OH is 1. The molecule has 8 nitrogen and oxygen atoms in total. The third-order valence-electron chi connectivity index (χ3n) is 4.83. The van der Waals surface area contributed by atoms with E-state index in [0.29, 0.717) is 4.68 Å². The van der Waals surface area contributed by atoms with Gasteiger partial charge in [-0.15, -0.1) is 0 Å². The van der Waals surface area contributed by atoms with Gasteiger partial charge in [-0.25, -0.2) is 18.6 Å². The number of alkyl halides is 1.